The lowest BCUT2D eigenvalue weighted by atomic mass is 10.3. The van der Waals surface area contributed by atoms with Gasteiger partial charge in [-0.3, -0.25) is 4.79 Å². The van der Waals surface area contributed by atoms with Gasteiger partial charge in [-0.1, -0.05) is 11.6 Å². The molecule has 8 nitrogen and oxygen atoms in total. The molecule has 0 bridgehead atoms. The van der Waals surface area contributed by atoms with E-state index in [1.54, 1.807) is 10.6 Å². The summed E-state index contributed by atoms with van der Waals surface area (Å²) < 4.78 is 7.43. The fourth-order valence-corrected chi connectivity index (χ4v) is 3.31. The van der Waals surface area contributed by atoms with Crippen LogP contribution in [0, 0.1) is 0 Å². The third kappa shape index (κ3) is 4.83. The molecule has 0 spiro atoms. The summed E-state index contributed by atoms with van der Waals surface area (Å²) in [4.78, 5) is 18.0. The average molecular weight is 429 g/mol. The molecular weight excluding hydrogens is 404 g/mol. The molecule has 0 unspecified atom stereocenters. The second kappa shape index (κ2) is 8.89. The molecule has 9 heteroatoms. The van der Waals surface area contributed by atoms with Crippen LogP contribution in [0.4, 0.5) is 17.3 Å². The first-order valence-corrected chi connectivity index (χ1v) is 10.4. The van der Waals surface area contributed by atoms with Gasteiger partial charge < -0.3 is 20.3 Å². The number of nitrogens with one attached hydrogen (secondary N) is 2. The largest absolute Gasteiger partial charge is 0.492 e. The van der Waals surface area contributed by atoms with Crippen LogP contribution >= 0.6 is 11.6 Å². The van der Waals surface area contributed by atoms with Crippen molar-refractivity contribution in [3.05, 3.63) is 41.0 Å². The number of ether oxygens (including phenoxy) is 1. The molecule has 30 heavy (non-hydrogen) atoms. The summed E-state index contributed by atoms with van der Waals surface area (Å²) >= 11 is 6.40. The minimum atomic E-state index is 0.436. The predicted molar refractivity (Wildman–Crippen MR) is 118 cm³/mol. The first-order valence-electron chi connectivity index (χ1n) is 9.98. The van der Waals surface area contributed by atoms with Gasteiger partial charge in [0.1, 0.15) is 17.4 Å². The third-order valence-corrected chi connectivity index (χ3v) is 5.06. The Morgan fingerprint density at radius 2 is 2.17 bits per heavy atom. The number of rotatable bonds is 10. The molecule has 1 aromatic carbocycles. The number of fused-ring (bicyclic) bond motifs is 1. The summed E-state index contributed by atoms with van der Waals surface area (Å²) in [6.07, 6.45) is 5.46. The second-order valence-corrected chi connectivity index (χ2v) is 8.08. The summed E-state index contributed by atoms with van der Waals surface area (Å²) in [6.45, 7) is 1.56. The highest BCUT2D eigenvalue weighted by atomic mass is 35.5. The summed E-state index contributed by atoms with van der Waals surface area (Å²) in [5, 5.41) is 11.5. The van der Waals surface area contributed by atoms with Crippen molar-refractivity contribution in [2.24, 2.45) is 0 Å². The molecular formula is C21H25ClN6O2. The first-order chi connectivity index (χ1) is 14.5. The Hall–Kier alpha value is -2.84. The maximum Gasteiger partial charge on any atom is 0.170 e. The Bertz CT molecular complexity index is 1050. The molecule has 1 saturated carbocycles. The van der Waals surface area contributed by atoms with Crippen LogP contribution in [-0.4, -0.2) is 59.1 Å². The molecule has 0 aliphatic heterocycles. The number of halogens is 1. The lowest BCUT2D eigenvalue weighted by Gasteiger charge is -2.13. The second-order valence-electron chi connectivity index (χ2n) is 7.67. The molecule has 2 aromatic heterocycles. The number of benzene rings is 1. The highest BCUT2D eigenvalue weighted by Crippen LogP contribution is 2.31. The van der Waals surface area contributed by atoms with Crippen molar-refractivity contribution in [2.45, 2.75) is 25.3 Å². The average Bonchev–Trinajstić information content (AvgIpc) is 3.43. The maximum atomic E-state index is 11.4. The Balaban J connectivity index is 1.51. The molecule has 3 aromatic rings. The highest BCUT2D eigenvalue weighted by Gasteiger charge is 2.23. The number of carbonyl (C=O) groups is 1. The summed E-state index contributed by atoms with van der Waals surface area (Å²) in [6, 6.07) is 7.86. The van der Waals surface area contributed by atoms with Crippen LogP contribution in [0.1, 0.15) is 29.6 Å². The Labute approximate surface area is 180 Å². The van der Waals surface area contributed by atoms with Gasteiger partial charge in [0.25, 0.3) is 0 Å². The highest BCUT2D eigenvalue weighted by molar-refractivity contribution is 6.32. The van der Waals surface area contributed by atoms with Crippen molar-refractivity contribution in [3.63, 3.8) is 0 Å². The number of nitrogens with zero attached hydrogens (tertiary/aromatic N) is 4. The van der Waals surface area contributed by atoms with Crippen LogP contribution in [0.2, 0.25) is 5.02 Å². The zero-order valence-corrected chi connectivity index (χ0v) is 17.8. The number of hydrogen-bond donors (Lipinski definition) is 2. The molecule has 0 saturated heterocycles. The summed E-state index contributed by atoms with van der Waals surface area (Å²) in [5.74, 6) is 2.05. The van der Waals surface area contributed by atoms with E-state index < -0.39 is 0 Å². The van der Waals surface area contributed by atoms with Gasteiger partial charge >= 0.3 is 0 Å². The molecule has 1 aliphatic carbocycles. The molecule has 4 rings (SSSR count). The normalized spacial score (nSPS) is 13.6. The minimum absolute atomic E-state index is 0.436. The van der Waals surface area contributed by atoms with E-state index in [4.69, 9.17) is 16.3 Å². The van der Waals surface area contributed by atoms with Crippen LogP contribution in [-0.2, 0) is 0 Å². The van der Waals surface area contributed by atoms with E-state index in [-0.39, 0.29) is 0 Å². The molecule has 0 atom stereocenters. The van der Waals surface area contributed by atoms with Crippen LogP contribution in [0.5, 0.6) is 5.75 Å². The predicted octanol–water partition coefficient (Wildman–Crippen LogP) is 3.84. The van der Waals surface area contributed by atoms with Gasteiger partial charge in [-0.25, -0.2) is 4.98 Å². The number of aldehydes is 1. The van der Waals surface area contributed by atoms with Crippen molar-refractivity contribution >= 4 is 40.9 Å². The molecule has 1 fully saturated rings. The zero-order valence-electron chi connectivity index (χ0n) is 17.1. The van der Waals surface area contributed by atoms with Crippen molar-refractivity contribution < 1.29 is 9.53 Å². The fourth-order valence-electron chi connectivity index (χ4n) is 3.07. The van der Waals surface area contributed by atoms with E-state index in [1.807, 2.05) is 32.3 Å². The summed E-state index contributed by atoms with van der Waals surface area (Å²) in [7, 11) is 4.07. The van der Waals surface area contributed by atoms with Crippen LogP contribution in [0.3, 0.4) is 0 Å². The van der Waals surface area contributed by atoms with Crippen LogP contribution in [0.25, 0.3) is 5.65 Å². The molecule has 2 N–H and O–H groups in total. The van der Waals surface area contributed by atoms with Crippen molar-refractivity contribution in [3.8, 4) is 5.75 Å². The Morgan fingerprint density at radius 1 is 1.33 bits per heavy atom. The minimum Gasteiger partial charge on any atom is -0.492 e. The number of hydrogen-bond acceptors (Lipinski definition) is 7. The molecule has 0 amide bonds. The van der Waals surface area contributed by atoms with Gasteiger partial charge in [-0.05, 0) is 51.6 Å². The van der Waals surface area contributed by atoms with E-state index >= 15 is 0 Å². The van der Waals surface area contributed by atoms with Crippen LogP contribution in [0.15, 0.2) is 30.5 Å². The van der Waals surface area contributed by atoms with Gasteiger partial charge in [-0.2, -0.15) is 9.61 Å². The molecule has 2 heterocycles. The van der Waals surface area contributed by atoms with E-state index in [1.165, 1.54) is 6.20 Å². The topological polar surface area (TPSA) is 83.8 Å². The molecule has 158 valence electrons. The smallest absolute Gasteiger partial charge is 0.170 e. The lowest BCUT2D eigenvalue weighted by Crippen LogP contribution is -2.15. The van der Waals surface area contributed by atoms with Crippen molar-refractivity contribution in [1.82, 2.24) is 19.5 Å². The Kier molecular flexibility index (Phi) is 6.06. The van der Waals surface area contributed by atoms with Gasteiger partial charge in [0.05, 0.1) is 23.4 Å². The standard InChI is InChI=1S/C21H25ClN6O2/c1-27(2)8-3-9-30-18-7-6-16(10-17(18)22)24-19-11-20(25-15-4-5-15)28-21(26-19)14(13-29)12-23-28/h6-7,10-13,15,25H,3-5,8-9H2,1-2H3,(H,24,26). The van der Waals surface area contributed by atoms with E-state index in [9.17, 15) is 4.79 Å². The maximum absolute atomic E-state index is 11.4. The third-order valence-electron chi connectivity index (χ3n) is 4.77. The van der Waals surface area contributed by atoms with Crippen molar-refractivity contribution in [2.75, 3.05) is 37.9 Å². The summed E-state index contributed by atoms with van der Waals surface area (Å²) in [5.41, 5.74) is 1.73. The SMILES string of the molecule is CN(C)CCCOc1ccc(Nc2cc(NC3CC3)n3ncc(C=O)c3n2)cc1Cl. The van der Waals surface area contributed by atoms with Gasteiger partial charge in [0.2, 0.25) is 0 Å². The van der Waals surface area contributed by atoms with E-state index in [0.29, 0.717) is 40.4 Å². The number of aromatic nitrogens is 3. The fraction of sp³-hybridized carbons (Fsp3) is 0.381. The molecule has 1 aliphatic rings. The van der Waals surface area contributed by atoms with Gasteiger partial charge in [0.15, 0.2) is 11.9 Å². The van der Waals surface area contributed by atoms with Crippen LogP contribution < -0.4 is 15.4 Å². The number of carbonyl (C=O) groups excluding carboxylic acids is 1. The molecule has 0 radical (unpaired) electrons. The van der Waals surface area contributed by atoms with Gasteiger partial charge in [-0.15, -0.1) is 0 Å². The monoisotopic (exact) mass is 428 g/mol. The quantitative estimate of drug-likeness (QED) is 0.375. The van der Waals surface area contributed by atoms with Crippen molar-refractivity contribution in [1.29, 1.82) is 0 Å². The number of anilines is 3. The zero-order chi connectivity index (χ0) is 21.1. The van der Waals surface area contributed by atoms with E-state index in [2.05, 4.69) is 25.6 Å². The van der Waals surface area contributed by atoms with Gasteiger partial charge in [0, 0.05) is 24.3 Å². The lowest BCUT2D eigenvalue weighted by molar-refractivity contribution is 0.112. The van der Waals surface area contributed by atoms with E-state index in [0.717, 1.165) is 43.6 Å². The Morgan fingerprint density at radius 3 is 2.87 bits per heavy atom. The first kappa shape index (κ1) is 20.4.